The van der Waals surface area contributed by atoms with Gasteiger partial charge in [0.15, 0.2) is 0 Å². The molecule has 0 saturated carbocycles. The van der Waals surface area contributed by atoms with Crippen LogP contribution >= 0.6 is 0 Å². The molecule has 0 amide bonds. The molecule has 3 N–H and O–H groups in total. The van der Waals surface area contributed by atoms with E-state index < -0.39 is 0 Å². The highest BCUT2D eigenvalue weighted by molar-refractivity contribution is 5.67. The van der Waals surface area contributed by atoms with Gasteiger partial charge in [0.05, 0.1) is 12.2 Å². The van der Waals surface area contributed by atoms with Crippen molar-refractivity contribution in [2.45, 2.75) is 31.8 Å². The lowest BCUT2D eigenvalue weighted by Gasteiger charge is -2.18. The van der Waals surface area contributed by atoms with Gasteiger partial charge < -0.3 is 20.1 Å². The molecule has 0 bridgehead atoms. The predicted molar refractivity (Wildman–Crippen MR) is 102 cm³/mol. The number of aliphatic hydroxyl groups is 1. The van der Waals surface area contributed by atoms with Gasteiger partial charge in [-0.25, -0.2) is 0 Å². The monoisotopic (exact) mass is 376 g/mol. The highest BCUT2D eigenvalue weighted by atomic mass is 16.5. The van der Waals surface area contributed by atoms with E-state index in [1.165, 1.54) is 23.3 Å². The molecule has 0 aliphatic heterocycles. The Morgan fingerprint density at radius 1 is 1.36 bits per heavy atom. The number of aliphatic hydroxyl groups excluding tert-OH is 1. The molecule has 2 aromatic carbocycles. The normalized spacial score (nSPS) is 16.5. The van der Waals surface area contributed by atoms with Gasteiger partial charge in [0.2, 0.25) is 5.82 Å². The lowest BCUT2D eigenvalue weighted by atomic mass is 10.0. The Morgan fingerprint density at radius 2 is 2.21 bits per heavy atom. The van der Waals surface area contributed by atoms with Gasteiger partial charge in [0, 0.05) is 23.2 Å². The second kappa shape index (κ2) is 7.43. The van der Waals surface area contributed by atoms with Crippen LogP contribution in [-0.2, 0) is 6.42 Å². The number of aromatic nitrogens is 2. The third-order valence-electron chi connectivity index (χ3n) is 5.06. The van der Waals surface area contributed by atoms with Crippen LogP contribution in [0.25, 0.3) is 22.8 Å². The van der Waals surface area contributed by atoms with Crippen molar-refractivity contribution in [2.75, 3.05) is 6.61 Å². The zero-order valence-electron chi connectivity index (χ0n) is 15.4. The smallest absolute Gasteiger partial charge is 0.258 e. The molecule has 1 aromatic heterocycles. The zero-order chi connectivity index (χ0) is 19.7. The maximum Gasteiger partial charge on any atom is 0.258 e. The van der Waals surface area contributed by atoms with E-state index in [0.717, 1.165) is 18.4 Å². The molecule has 0 fully saturated rings. The molecule has 7 heteroatoms. The van der Waals surface area contributed by atoms with Gasteiger partial charge >= 0.3 is 0 Å². The van der Waals surface area contributed by atoms with Crippen molar-refractivity contribution in [3.8, 4) is 34.7 Å². The van der Waals surface area contributed by atoms with E-state index in [1.54, 1.807) is 6.07 Å². The van der Waals surface area contributed by atoms with Gasteiger partial charge in [0.25, 0.3) is 5.89 Å². The number of nitrogens with one attached hydrogen (secondary N) is 1. The van der Waals surface area contributed by atoms with E-state index in [4.69, 9.17) is 9.78 Å². The van der Waals surface area contributed by atoms with Crippen molar-refractivity contribution in [3.63, 3.8) is 0 Å². The molecule has 2 atom stereocenters. The molecular formula is C21H20N4O3. The molecule has 1 heterocycles. The van der Waals surface area contributed by atoms with E-state index in [-0.39, 0.29) is 30.0 Å². The molecular weight excluding hydrogens is 356 g/mol. The second-order valence-electron chi connectivity index (χ2n) is 6.98. The van der Waals surface area contributed by atoms with Crippen LogP contribution in [0.4, 0.5) is 0 Å². The predicted octanol–water partition coefficient (Wildman–Crippen LogP) is 2.94. The largest absolute Gasteiger partial charge is 0.507 e. The molecule has 3 aromatic rings. The van der Waals surface area contributed by atoms with Crippen LogP contribution in [0.3, 0.4) is 0 Å². The van der Waals surface area contributed by atoms with Gasteiger partial charge in [0.1, 0.15) is 11.8 Å². The highest BCUT2D eigenvalue weighted by Gasteiger charge is 2.27. The maximum absolute atomic E-state index is 9.67. The van der Waals surface area contributed by atoms with E-state index in [9.17, 15) is 10.2 Å². The summed E-state index contributed by atoms with van der Waals surface area (Å²) < 4.78 is 5.41. The number of phenolic OH excluding ortho intramolecular Hbond substituents is 1. The number of phenols is 1. The van der Waals surface area contributed by atoms with Gasteiger partial charge in [-0.2, -0.15) is 10.2 Å². The highest BCUT2D eigenvalue weighted by Crippen LogP contribution is 2.37. The lowest BCUT2D eigenvalue weighted by Crippen LogP contribution is -2.32. The van der Waals surface area contributed by atoms with E-state index in [1.807, 2.05) is 25.1 Å². The summed E-state index contributed by atoms with van der Waals surface area (Å²) in [5.74, 6) is 0.711. The van der Waals surface area contributed by atoms with Crippen molar-refractivity contribution < 1.29 is 14.7 Å². The van der Waals surface area contributed by atoms with Crippen molar-refractivity contribution in [1.29, 1.82) is 5.26 Å². The SMILES string of the molecule is CC(CO)NC1CCc2c(-c3noc(-c4ccc(O)c(C#N)c4)n3)cccc21. The van der Waals surface area contributed by atoms with Gasteiger partial charge in [-0.15, -0.1) is 0 Å². The quantitative estimate of drug-likeness (QED) is 0.627. The van der Waals surface area contributed by atoms with Crippen LogP contribution < -0.4 is 5.32 Å². The fourth-order valence-electron chi connectivity index (χ4n) is 3.64. The van der Waals surface area contributed by atoms with Crippen LogP contribution in [0.5, 0.6) is 5.75 Å². The number of aromatic hydroxyl groups is 1. The first kappa shape index (κ1) is 18.2. The van der Waals surface area contributed by atoms with Crippen molar-refractivity contribution in [3.05, 3.63) is 53.1 Å². The number of rotatable bonds is 5. The third kappa shape index (κ3) is 3.24. The van der Waals surface area contributed by atoms with Crippen LogP contribution in [0.1, 0.15) is 36.1 Å². The number of hydrogen-bond donors (Lipinski definition) is 3. The number of fused-ring (bicyclic) bond motifs is 1. The summed E-state index contributed by atoms with van der Waals surface area (Å²) in [6.45, 7) is 2.05. The van der Waals surface area contributed by atoms with E-state index >= 15 is 0 Å². The minimum absolute atomic E-state index is 0.0280. The van der Waals surface area contributed by atoms with Crippen LogP contribution in [-0.4, -0.2) is 33.0 Å². The minimum Gasteiger partial charge on any atom is -0.507 e. The molecule has 1 aliphatic rings. The topological polar surface area (TPSA) is 115 Å². The molecule has 1 aliphatic carbocycles. The number of nitriles is 1. The second-order valence-corrected chi connectivity index (χ2v) is 6.98. The molecule has 0 radical (unpaired) electrons. The number of nitrogens with zero attached hydrogens (tertiary/aromatic N) is 3. The van der Waals surface area contributed by atoms with Crippen molar-refractivity contribution >= 4 is 0 Å². The number of benzene rings is 2. The first-order chi connectivity index (χ1) is 13.6. The molecule has 2 unspecified atom stereocenters. The molecule has 28 heavy (non-hydrogen) atoms. The summed E-state index contributed by atoms with van der Waals surface area (Å²) in [7, 11) is 0. The minimum atomic E-state index is -0.0810. The summed E-state index contributed by atoms with van der Waals surface area (Å²) in [5.41, 5.74) is 4.04. The summed E-state index contributed by atoms with van der Waals surface area (Å²) >= 11 is 0. The first-order valence-corrected chi connectivity index (χ1v) is 9.17. The average Bonchev–Trinajstić information content (AvgIpc) is 3.36. The summed E-state index contributed by atoms with van der Waals surface area (Å²) in [5, 5.41) is 35.6. The van der Waals surface area contributed by atoms with Gasteiger partial charge in [-0.05, 0) is 49.1 Å². The Labute approximate surface area is 162 Å². The van der Waals surface area contributed by atoms with Gasteiger partial charge in [-0.3, -0.25) is 0 Å². The standard InChI is InChI=1S/C21H20N4O3/c1-12(11-26)23-18-7-6-15-16(18)3-2-4-17(15)20-24-21(28-25-20)13-5-8-19(27)14(9-13)10-22/h2-5,8-9,12,18,23,26-27H,6-7,11H2,1H3. The Kier molecular flexibility index (Phi) is 4.82. The Balaban J connectivity index is 1.66. The summed E-state index contributed by atoms with van der Waals surface area (Å²) in [4.78, 5) is 4.51. The maximum atomic E-state index is 9.67. The van der Waals surface area contributed by atoms with Crippen molar-refractivity contribution in [1.82, 2.24) is 15.5 Å². The number of hydrogen-bond acceptors (Lipinski definition) is 7. The summed E-state index contributed by atoms with van der Waals surface area (Å²) in [6.07, 6.45) is 1.84. The molecule has 0 saturated heterocycles. The van der Waals surface area contributed by atoms with E-state index in [2.05, 4.69) is 21.5 Å². The average molecular weight is 376 g/mol. The Morgan fingerprint density at radius 3 is 3.00 bits per heavy atom. The van der Waals surface area contributed by atoms with Gasteiger partial charge in [-0.1, -0.05) is 23.4 Å². The first-order valence-electron chi connectivity index (χ1n) is 9.17. The summed E-state index contributed by atoms with van der Waals surface area (Å²) in [6, 6.07) is 12.8. The molecule has 7 nitrogen and oxygen atoms in total. The fourth-order valence-corrected chi connectivity index (χ4v) is 3.64. The molecule has 142 valence electrons. The Bertz CT molecular complexity index is 1050. The van der Waals surface area contributed by atoms with E-state index in [0.29, 0.717) is 17.3 Å². The van der Waals surface area contributed by atoms with Crippen LogP contribution in [0.15, 0.2) is 40.9 Å². The van der Waals surface area contributed by atoms with Crippen LogP contribution in [0, 0.1) is 11.3 Å². The third-order valence-corrected chi connectivity index (χ3v) is 5.06. The fraction of sp³-hybridized carbons (Fsp3) is 0.286. The van der Waals surface area contributed by atoms with Crippen molar-refractivity contribution in [2.24, 2.45) is 0 Å². The zero-order valence-corrected chi connectivity index (χ0v) is 15.4. The Hall–Kier alpha value is -3.21. The lowest BCUT2D eigenvalue weighted by molar-refractivity contribution is 0.240. The molecule has 0 spiro atoms. The molecule has 4 rings (SSSR count). The van der Waals surface area contributed by atoms with Crippen LogP contribution in [0.2, 0.25) is 0 Å².